The maximum Gasteiger partial charge on any atom is 0.335 e. The zero-order chi connectivity index (χ0) is 19.5. The highest BCUT2D eigenvalue weighted by Crippen LogP contribution is 2.08. The van der Waals surface area contributed by atoms with Crippen LogP contribution in [-0.2, 0) is 25.5 Å². The van der Waals surface area contributed by atoms with Crippen LogP contribution in [0.5, 0.6) is 0 Å². The molecule has 2 atom stereocenters. The van der Waals surface area contributed by atoms with Crippen LogP contribution in [0.4, 0.5) is 4.79 Å². The van der Waals surface area contributed by atoms with Gasteiger partial charge in [-0.05, 0) is 44.1 Å². The average Bonchev–Trinajstić information content (AvgIpc) is 3.07. The minimum absolute atomic E-state index is 0.411. The molecule has 7 nitrogen and oxygen atoms in total. The molecule has 3 amide bonds. The predicted molar refractivity (Wildman–Crippen MR) is 100.0 cm³/mol. The number of esters is 1. The summed E-state index contributed by atoms with van der Waals surface area (Å²) in [4.78, 5) is 36.7. The van der Waals surface area contributed by atoms with Gasteiger partial charge in [-0.2, -0.15) is 0 Å². The molecule has 1 aromatic rings. The van der Waals surface area contributed by atoms with E-state index in [9.17, 15) is 14.4 Å². The Labute approximate surface area is 158 Å². The van der Waals surface area contributed by atoms with Gasteiger partial charge in [-0.15, -0.1) is 11.3 Å². The highest BCUT2D eigenvalue weighted by atomic mass is 32.1. The van der Waals surface area contributed by atoms with E-state index in [0.29, 0.717) is 25.5 Å². The Morgan fingerprint density at radius 2 is 1.88 bits per heavy atom. The van der Waals surface area contributed by atoms with Gasteiger partial charge >= 0.3 is 12.0 Å². The lowest BCUT2D eigenvalue weighted by Crippen LogP contribution is -2.45. The van der Waals surface area contributed by atoms with Crippen molar-refractivity contribution in [3.63, 3.8) is 0 Å². The minimum Gasteiger partial charge on any atom is -0.451 e. The van der Waals surface area contributed by atoms with Gasteiger partial charge < -0.3 is 14.8 Å². The second-order valence-electron chi connectivity index (χ2n) is 6.35. The number of nitrogens with one attached hydrogen (secondary N) is 2. The SMILES string of the molecule is CC(C)CCOC(C)C(=O)OC(C)C(=O)NC(=O)NCCc1cccs1. The fraction of sp³-hybridized carbons (Fsp3) is 0.611. The molecule has 0 saturated carbocycles. The molecule has 0 radical (unpaired) electrons. The van der Waals surface area contributed by atoms with Crippen molar-refractivity contribution in [2.45, 2.75) is 52.7 Å². The lowest BCUT2D eigenvalue weighted by molar-refractivity contribution is -0.164. The van der Waals surface area contributed by atoms with Crippen LogP contribution in [0.3, 0.4) is 0 Å². The normalized spacial score (nSPS) is 13.1. The van der Waals surface area contributed by atoms with E-state index in [0.717, 1.165) is 11.3 Å². The first-order valence-electron chi connectivity index (χ1n) is 8.72. The predicted octanol–water partition coefficient (Wildman–Crippen LogP) is 2.50. The third kappa shape index (κ3) is 8.96. The third-order valence-electron chi connectivity index (χ3n) is 3.53. The van der Waals surface area contributed by atoms with E-state index < -0.39 is 30.1 Å². The number of hydrogen-bond acceptors (Lipinski definition) is 6. The topological polar surface area (TPSA) is 93.7 Å². The van der Waals surface area contributed by atoms with Crippen molar-refractivity contribution in [3.8, 4) is 0 Å². The van der Waals surface area contributed by atoms with Gasteiger partial charge in [0.1, 0.15) is 0 Å². The first-order chi connectivity index (χ1) is 12.3. The van der Waals surface area contributed by atoms with Crippen molar-refractivity contribution in [2.75, 3.05) is 13.2 Å². The first kappa shape index (κ1) is 22.1. The summed E-state index contributed by atoms with van der Waals surface area (Å²) >= 11 is 1.60. The van der Waals surface area contributed by atoms with Gasteiger partial charge in [-0.1, -0.05) is 19.9 Å². The monoisotopic (exact) mass is 384 g/mol. The molecule has 8 heteroatoms. The molecule has 0 fully saturated rings. The van der Waals surface area contributed by atoms with Crippen molar-refractivity contribution in [1.29, 1.82) is 0 Å². The summed E-state index contributed by atoms with van der Waals surface area (Å²) in [5, 5.41) is 6.71. The Hall–Kier alpha value is -1.93. The van der Waals surface area contributed by atoms with Gasteiger partial charge in [-0.25, -0.2) is 9.59 Å². The van der Waals surface area contributed by atoms with Gasteiger partial charge in [-0.3, -0.25) is 10.1 Å². The number of thiophene rings is 1. The molecule has 146 valence electrons. The fourth-order valence-electron chi connectivity index (χ4n) is 1.88. The highest BCUT2D eigenvalue weighted by molar-refractivity contribution is 7.09. The standard InChI is InChI=1S/C18H28N2O5S/c1-12(2)8-10-24-14(4)17(22)25-13(3)16(21)20-18(23)19-9-7-15-6-5-11-26-15/h5-6,11-14H,7-10H2,1-4H3,(H2,19,20,21,23). The molecule has 1 aromatic heterocycles. The van der Waals surface area contributed by atoms with Crippen LogP contribution in [0.25, 0.3) is 0 Å². The van der Waals surface area contributed by atoms with Crippen molar-refractivity contribution >= 4 is 29.2 Å². The van der Waals surface area contributed by atoms with Gasteiger partial charge in [0, 0.05) is 18.0 Å². The number of ether oxygens (including phenoxy) is 2. The zero-order valence-electron chi connectivity index (χ0n) is 15.7. The lowest BCUT2D eigenvalue weighted by atomic mass is 10.1. The molecule has 0 aliphatic carbocycles. The lowest BCUT2D eigenvalue weighted by Gasteiger charge is -2.17. The number of amides is 3. The second kappa shape index (κ2) is 11.6. The Balaban J connectivity index is 2.25. The van der Waals surface area contributed by atoms with E-state index in [2.05, 4.69) is 24.5 Å². The molecule has 0 saturated heterocycles. The summed E-state index contributed by atoms with van der Waals surface area (Å²) in [5.74, 6) is -0.836. The van der Waals surface area contributed by atoms with E-state index in [1.54, 1.807) is 18.3 Å². The largest absolute Gasteiger partial charge is 0.451 e. The quantitative estimate of drug-likeness (QED) is 0.605. The van der Waals surface area contributed by atoms with Crippen molar-refractivity contribution < 1.29 is 23.9 Å². The molecule has 2 N–H and O–H groups in total. The van der Waals surface area contributed by atoms with E-state index >= 15 is 0 Å². The molecular formula is C18H28N2O5S. The number of carbonyl (C=O) groups excluding carboxylic acids is 3. The minimum atomic E-state index is -1.08. The summed E-state index contributed by atoms with van der Waals surface area (Å²) in [6, 6.07) is 3.30. The molecule has 1 heterocycles. The Morgan fingerprint density at radius 3 is 2.50 bits per heavy atom. The van der Waals surface area contributed by atoms with Crippen LogP contribution in [0, 0.1) is 5.92 Å². The van der Waals surface area contributed by atoms with Crippen molar-refractivity contribution in [1.82, 2.24) is 10.6 Å². The van der Waals surface area contributed by atoms with E-state index in [1.165, 1.54) is 6.92 Å². The maximum absolute atomic E-state index is 11.9. The summed E-state index contributed by atoms with van der Waals surface area (Å²) < 4.78 is 10.4. The number of urea groups is 1. The molecule has 2 unspecified atom stereocenters. The first-order valence-corrected chi connectivity index (χ1v) is 9.60. The van der Waals surface area contributed by atoms with Crippen LogP contribution in [-0.4, -0.2) is 43.3 Å². The second-order valence-corrected chi connectivity index (χ2v) is 7.38. The van der Waals surface area contributed by atoms with Gasteiger partial charge in [0.25, 0.3) is 5.91 Å². The van der Waals surface area contributed by atoms with Crippen LogP contribution < -0.4 is 10.6 Å². The Morgan fingerprint density at radius 1 is 1.15 bits per heavy atom. The number of hydrogen-bond donors (Lipinski definition) is 2. The summed E-state index contributed by atoms with van der Waals surface area (Å²) in [7, 11) is 0. The van der Waals surface area contributed by atoms with Gasteiger partial charge in [0.2, 0.25) is 0 Å². The molecule has 1 rings (SSSR count). The van der Waals surface area contributed by atoms with Gasteiger partial charge in [0.05, 0.1) is 0 Å². The maximum atomic E-state index is 11.9. The molecule has 0 spiro atoms. The number of rotatable bonds is 10. The molecular weight excluding hydrogens is 356 g/mol. The van der Waals surface area contributed by atoms with Crippen LogP contribution in [0.1, 0.15) is 39.0 Å². The van der Waals surface area contributed by atoms with Crippen LogP contribution in [0.2, 0.25) is 0 Å². The smallest absolute Gasteiger partial charge is 0.335 e. The Bertz CT molecular complexity index is 574. The molecule has 0 bridgehead atoms. The van der Waals surface area contributed by atoms with Crippen LogP contribution >= 0.6 is 11.3 Å². The molecule has 26 heavy (non-hydrogen) atoms. The number of carbonyl (C=O) groups is 3. The Kier molecular flexibility index (Phi) is 9.90. The van der Waals surface area contributed by atoms with E-state index in [-0.39, 0.29) is 0 Å². The van der Waals surface area contributed by atoms with E-state index in [4.69, 9.17) is 9.47 Å². The summed E-state index contributed by atoms with van der Waals surface area (Å²) in [5.41, 5.74) is 0. The molecule has 0 aromatic carbocycles. The third-order valence-corrected chi connectivity index (χ3v) is 4.47. The zero-order valence-corrected chi connectivity index (χ0v) is 16.6. The summed E-state index contributed by atoms with van der Waals surface area (Å²) in [6.45, 7) is 7.96. The highest BCUT2D eigenvalue weighted by Gasteiger charge is 2.23. The fourth-order valence-corrected chi connectivity index (χ4v) is 2.59. The number of imide groups is 1. The molecule has 0 aliphatic rings. The summed E-state index contributed by atoms with van der Waals surface area (Å²) in [6.07, 6.45) is -0.320. The van der Waals surface area contributed by atoms with Gasteiger partial charge in [0.15, 0.2) is 12.2 Å². The average molecular weight is 384 g/mol. The van der Waals surface area contributed by atoms with Crippen molar-refractivity contribution in [2.24, 2.45) is 5.92 Å². The van der Waals surface area contributed by atoms with E-state index in [1.807, 2.05) is 17.5 Å². The van der Waals surface area contributed by atoms with Crippen LogP contribution in [0.15, 0.2) is 17.5 Å². The van der Waals surface area contributed by atoms with Crippen molar-refractivity contribution in [3.05, 3.63) is 22.4 Å². The molecule has 0 aliphatic heterocycles.